The van der Waals surface area contributed by atoms with E-state index in [0.717, 1.165) is 12.2 Å². The minimum absolute atomic E-state index is 0.0142. The van der Waals surface area contributed by atoms with Gasteiger partial charge in [-0.3, -0.25) is 15.2 Å². The summed E-state index contributed by atoms with van der Waals surface area (Å²) in [4.78, 5) is 14.5. The van der Waals surface area contributed by atoms with Crippen molar-refractivity contribution >= 4 is 17.4 Å². The maximum absolute atomic E-state index is 10.6. The van der Waals surface area contributed by atoms with Crippen molar-refractivity contribution in [3.05, 3.63) is 46.1 Å². The molecule has 0 aliphatic carbocycles. The average molecular weight is 332 g/mol. The van der Waals surface area contributed by atoms with Gasteiger partial charge in [0.1, 0.15) is 5.82 Å². The number of H-pyrrole nitrogens is 1. The fourth-order valence-corrected chi connectivity index (χ4v) is 2.44. The van der Waals surface area contributed by atoms with Crippen LogP contribution in [-0.2, 0) is 12.2 Å². The van der Waals surface area contributed by atoms with Gasteiger partial charge in [-0.15, -0.1) is 15.3 Å². The number of nitro benzene ring substituents is 1. The lowest BCUT2D eigenvalue weighted by atomic mass is 10.2. The second kappa shape index (κ2) is 6.57. The van der Waals surface area contributed by atoms with Crippen molar-refractivity contribution in [2.45, 2.75) is 24.3 Å². The summed E-state index contributed by atoms with van der Waals surface area (Å²) < 4.78 is 5.55. The predicted molar refractivity (Wildman–Crippen MR) is 81.7 cm³/mol. The summed E-state index contributed by atoms with van der Waals surface area (Å²) in [6.45, 7) is 1.99. The van der Waals surface area contributed by atoms with Gasteiger partial charge >= 0.3 is 0 Å². The van der Waals surface area contributed by atoms with Gasteiger partial charge in [0.2, 0.25) is 16.9 Å². The Morgan fingerprint density at radius 1 is 1.30 bits per heavy atom. The van der Waals surface area contributed by atoms with Crippen LogP contribution in [0.4, 0.5) is 5.69 Å². The fraction of sp³-hybridized carbons (Fsp3) is 0.231. The van der Waals surface area contributed by atoms with Crippen LogP contribution in [0.15, 0.2) is 33.8 Å². The van der Waals surface area contributed by atoms with E-state index in [0.29, 0.717) is 28.3 Å². The summed E-state index contributed by atoms with van der Waals surface area (Å²) in [5.74, 6) is 2.02. The Morgan fingerprint density at radius 3 is 2.74 bits per heavy atom. The molecule has 0 aliphatic heterocycles. The highest BCUT2D eigenvalue weighted by molar-refractivity contribution is 7.98. The molecule has 0 saturated carbocycles. The topological polar surface area (TPSA) is 124 Å². The molecule has 3 aromatic rings. The predicted octanol–water partition coefficient (Wildman–Crippen LogP) is 2.62. The molecule has 0 radical (unpaired) electrons. The number of aryl methyl sites for hydroxylation is 1. The molecule has 9 nitrogen and oxygen atoms in total. The Morgan fingerprint density at radius 2 is 2.09 bits per heavy atom. The van der Waals surface area contributed by atoms with Crippen molar-refractivity contribution in [1.29, 1.82) is 0 Å². The SMILES string of the molecule is CCc1nc(SCc2nnc(-c3ccc([N+](=O)[O-])cc3)o2)n[nH]1. The van der Waals surface area contributed by atoms with Crippen LogP contribution in [0.5, 0.6) is 0 Å². The van der Waals surface area contributed by atoms with Gasteiger partial charge in [0, 0.05) is 24.1 Å². The van der Waals surface area contributed by atoms with E-state index in [4.69, 9.17) is 4.42 Å². The normalized spacial score (nSPS) is 10.8. The molecule has 0 spiro atoms. The molecule has 1 N–H and O–H groups in total. The third kappa shape index (κ3) is 3.54. The van der Waals surface area contributed by atoms with Gasteiger partial charge < -0.3 is 4.42 Å². The second-order valence-corrected chi connectivity index (χ2v) is 5.45. The van der Waals surface area contributed by atoms with E-state index in [2.05, 4.69) is 25.4 Å². The lowest BCUT2D eigenvalue weighted by molar-refractivity contribution is -0.384. The van der Waals surface area contributed by atoms with Crippen LogP contribution in [0.2, 0.25) is 0 Å². The second-order valence-electron chi connectivity index (χ2n) is 4.51. The summed E-state index contributed by atoms with van der Waals surface area (Å²) in [6, 6.07) is 5.94. The molecule has 0 aliphatic rings. The number of hydrogen-bond acceptors (Lipinski definition) is 8. The molecule has 1 aromatic carbocycles. The Bertz CT molecular complexity index is 813. The van der Waals surface area contributed by atoms with Crippen molar-refractivity contribution < 1.29 is 9.34 Å². The molecule has 2 aromatic heterocycles. The Hall–Kier alpha value is -2.75. The number of nitro groups is 1. The van der Waals surface area contributed by atoms with Crippen molar-refractivity contribution in [3.63, 3.8) is 0 Å². The molecule has 2 heterocycles. The molecular formula is C13H12N6O3S. The first-order chi connectivity index (χ1) is 11.2. The highest BCUT2D eigenvalue weighted by atomic mass is 32.2. The van der Waals surface area contributed by atoms with E-state index < -0.39 is 4.92 Å². The van der Waals surface area contributed by atoms with E-state index in [1.54, 1.807) is 12.1 Å². The van der Waals surface area contributed by atoms with E-state index >= 15 is 0 Å². The zero-order valence-corrected chi connectivity index (χ0v) is 12.9. The molecule has 23 heavy (non-hydrogen) atoms. The van der Waals surface area contributed by atoms with Crippen LogP contribution < -0.4 is 0 Å². The first kappa shape index (κ1) is 15.2. The number of thioether (sulfide) groups is 1. The molecule has 0 fully saturated rings. The Balaban J connectivity index is 1.66. The Labute approximate surface area is 134 Å². The minimum atomic E-state index is -0.457. The third-order valence-electron chi connectivity index (χ3n) is 2.96. The van der Waals surface area contributed by atoms with E-state index in [1.807, 2.05) is 6.92 Å². The summed E-state index contributed by atoms with van der Waals surface area (Å²) in [5.41, 5.74) is 0.644. The first-order valence-corrected chi connectivity index (χ1v) is 7.75. The highest BCUT2D eigenvalue weighted by Crippen LogP contribution is 2.24. The Kier molecular flexibility index (Phi) is 4.33. The molecule has 3 rings (SSSR count). The maximum Gasteiger partial charge on any atom is 0.269 e. The number of benzene rings is 1. The smallest absolute Gasteiger partial charge is 0.269 e. The van der Waals surface area contributed by atoms with Crippen molar-refractivity contribution in [1.82, 2.24) is 25.4 Å². The first-order valence-electron chi connectivity index (χ1n) is 6.77. The maximum atomic E-state index is 10.6. The summed E-state index contributed by atoms with van der Waals surface area (Å²) in [7, 11) is 0. The van der Waals surface area contributed by atoms with E-state index in [1.165, 1.54) is 23.9 Å². The van der Waals surface area contributed by atoms with Gasteiger partial charge in [-0.2, -0.15) is 0 Å². The summed E-state index contributed by atoms with van der Waals surface area (Å²) in [6.07, 6.45) is 0.790. The highest BCUT2D eigenvalue weighted by Gasteiger charge is 2.12. The van der Waals surface area contributed by atoms with Gasteiger partial charge in [-0.25, -0.2) is 4.98 Å². The fourth-order valence-electron chi connectivity index (χ4n) is 1.78. The van der Waals surface area contributed by atoms with Crippen LogP contribution in [0.25, 0.3) is 11.5 Å². The van der Waals surface area contributed by atoms with Crippen LogP contribution in [0.3, 0.4) is 0 Å². The number of non-ortho nitro benzene ring substituents is 1. The van der Waals surface area contributed by atoms with Crippen LogP contribution >= 0.6 is 11.8 Å². The van der Waals surface area contributed by atoms with Gasteiger partial charge in [0.05, 0.1) is 10.7 Å². The quantitative estimate of drug-likeness (QED) is 0.415. The molecule has 0 unspecified atom stereocenters. The number of aromatic amines is 1. The van der Waals surface area contributed by atoms with Gasteiger partial charge in [0.25, 0.3) is 5.69 Å². The lowest BCUT2D eigenvalue weighted by Crippen LogP contribution is -1.87. The van der Waals surface area contributed by atoms with Gasteiger partial charge in [-0.05, 0) is 12.1 Å². The standard InChI is InChI=1S/C13H12N6O3S/c1-2-10-14-13(18-15-10)23-7-11-16-17-12(22-11)8-3-5-9(6-4-8)19(20)21/h3-6H,2,7H2,1H3,(H,14,15,18). The number of nitrogens with zero attached hydrogens (tertiary/aromatic N) is 5. The van der Waals surface area contributed by atoms with Gasteiger partial charge in [0.15, 0.2) is 0 Å². The van der Waals surface area contributed by atoms with E-state index in [-0.39, 0.29) is 5.69 Å². The van der Waals surface area contributed by atoms with Crippen LogP contribution in [-0.4, -0.2) is 30.3 Å². The molecule has 118 valence electrons. The van der Waals surface area contributed by atoms with Crippen LogP contribution in [0, 0.1) is 10.1 Å². The number of rotatable bonds is 6. The average Bonchev–Trinajstić information content (AvgIpc) is 3.22. The van der Waals surface area contributed by atoms with Crippen molar-refractivity contribution in [2.75, 3.05) is 0 Å². The monoisotopic (exact) mass is 332 g/mol. The van der Waals surface area contributed by atoms with Crippen molar-refractivity contribution in [3.8, 4) is 11.5 Å². The zero-order chi connectivity index (χ0) is 16.2. The molecule has 0 bridgehead atoms. The third-order valence-corrected chi connectivity index (χ3v) is 3.79. The van der Waals surface area contributed by atoms with Crippen LogP contribution in [0.1, 0.15) is 18.6 Å². The molecule has 0 amide bonds. The lowest BCUT2D eigenvalue weighted by Gasteiger charge is -1.94. The summed E-state index contributed by atoms with van der Waals surface area (Å²) in [5, 5.41) is 26.1. The van der Waals surface area contributed by atoms with E-state index in [9.17, 15) is 10.1 Å². The zero-order valence-electron chi connectivity index (χ0n) is 12.1. The number of hydrogen-bond donors (Lipinski definition) is 1. The molecule has 0 saturated heterocycles. The molecular weight excluding hydrogens is 320 g/mol. The van der Waals surface area contributed by atoms with Crippen molar-refractivity contribution in [2.24, 2.45) is 0 Å². The summed E-state index contributed by atoms with van der Waals surface area (Å²) >= 11 is 1.39. The molecule has 10 heteroatoms. The number of aromatic nitrogens is 5. The molecule has 0 atom stereocenters. The van der Waals surface area contributed by atoms with Gasteiger partial charge in [-0.1, -0.05) is 18.7 Å². The largest absolute Gasteiger partial charge is 0.420 e. The number of nitrogens with one attached hydrogen (secondary N) is 1. The minimum Gasteiger partial charge on any atom is -0.420 e.